The highest BCUT2D eigenvalue weighted by molar-refractivity contribution is 5.74. The Kier molecular flexibility index (Phi) is 3.64. The molecule has 0 spiro atoms. The SMILES string of the molecule is CNCc1cncn1C(C)CC(N)=O. The summed E-state index contributed by atoms with van der Waals surface area (Å²) in [7, 11) is 1.87. The second-order valence-electron chi connectivity index (χ2n) is 3.34. The van der Waals surface area contributed by atoms with Gasteiger partial charge in [0.2, 0.25) is 5.91 Å². The van der Waals surface area contributed by atoms with Crippen LogP contribution in [0.15, 0.2) is 12.5 Å². The van der Waals surface area contributed by atoms with E-state index < -0.39 is 0 Å². The van der Waals surface area contributed by atoms with Gasteiger partial charge in [0, 0.05) is 25.2 Å². The Labute approximate surface area is 83.3 Å². The molecule has 0 bridgehead atoms. The molecule has 3 N–H and O–H groups in total. The molecule has 0 saturated carbocycles. The van der Waals surface area contributed by atoms with Crippen LogP contribution in [0, 0.1) is 0 Å². The van der Waals surface area contributed by atoms with E-state index >= 15 is 0 Å². The molecule has 1 rings (SSSR count). The van der Waals surface area contributed by atoms with Gasteiger partial charge in [-0.05, 0) is 14.0 Å². The molecule has 1 amide bonds. The zero-order valence-electron chi connectivity index (χ0n) is 8.53. The molecule has 0 saturated heterocycles. The summed E-state index contributed by atoms with van der Waals surface area (Å²) in [5, 5.41) is 3.04. The van der Waals surface area contributed by atoms with Crippen molar-refractivity contribution in [2.24, 2.45) is 5.73 Å². The number of hydrogen-bond acceptors (Lipinski definition) is 3. The van der Waals surface area contributed by atoms with E-state index in [9.17, 15) is 4.79 Å². The molecule has 5 nitrogen and oxygen atoms in total. The number of nitrogens with zero attached hydrogens (tertiary/aromatic N) is 2. The van der Waals surface area contributed by atoms with Gasteiger partial charge in [-0.1, -0.05) is 0 Å². The predicted molar refractivity (Wildman–Crippen MR) is 53.5 cm³/mol. The maximum Gasteiger partial charge on any atom is 0.219 e. The van der Waals surface area contributed by atoms with E-state index in [1.54, 1.807) is 12.5 Å². The topological polar surface area (TPSA) is 72.9 Å². The lowest BCUT2D eigenvalue weighted by Crippen LogP contribution is -2.19. The van der Waals surface area contributed by atoms with Crippen molar-refractivity contribution in [2.75, 3.05) is 7.05 Å². The molecule has 0 aliphatic carbocycles. The van der Waals surface area contributed by atoms with E-state index in [-0.39, 0.29) is 11.9 Å². The summed E-state index contributed by atoms with van der Waals surface area (Å²) in [5.41, 5.74) is 6.19. The number of carbonyl (C=O) groups is 1. The van der Waals surface area contributed by atoms with Gasteiger partial charge in [-0.15, -0.1) is 0 Å². The van der Waals surface area contributed by atoms with Crippen LogP contribution in [0.5, 0.6) is 0 Å². The summed E-state index contributed by atoms with van der Waals surface area (Å²) in [6.45, 7) is 2.69. The Balaban J connectivity index is 2.72. The predicted octanol–water partition coefficient (Wildman–Crippen LogP) is 0.0389. The number of amides is 1. The number of hydrogen-bond donors (Lipinski definition) is 2. The minimum Gasteiger partial charge on any atom is -0.370 e. The number of rotatable bonds is 5. The first-order chi connectivity index (χ1) is 6.65. The summed E-state index contributed by atoms with van der Waals surface area (Å²) in [4.78, 5) is 14.8. The summed E-state index contributed by atoms with van der Waals surface area (Å²) < 4.78 is 1.96. The van der Waals surface area contributed by atoms with Gasteiger partial charge in [-0.2, -0.15) is 0 Å². The number of imidazole rings is 1. The van der Waals surface area contributed by atoms with Crippen LogP contribution in [-0.4, -0.2) is 22.5 Å². The lowest BCUT2D eigenvalue weighted by molar-refractivity contribution is -0.118. The van der Waals surface area contributed by atoms with Crippen LogP contribution in [0.4, 0.5) is 0 Å². The third kappa shape index (κ3) is 2.56. The molecular formula is C9H16N4O. The van der Waals surface area contributed by atoms with Crippen molar-refractivity contribution in [3.05, 3.63) is 18.2 Å². The molecule has 1 unspecified atom stereocenters. The first-order valence-corrected chi connectivity index (χ1v) is 4.58. The van der Waals surface area contributed by atoms with Crippen molar-refractivity contribution in [1.82, 2.24) is 14.9 Å². The molecule has 1 aromatic heterocycles. The first-order valence-electron chi connectivity index (χ1n) is 4.58. The quantitative estimate of drug-likeness (QED) is 0.698. The highest BCUT2D eigenvalue weighted by atomic mass is 16.1. The molecule has 0 radical (unpaired) electrons. The molecule has 1 aromatic rings. The van der Waals surface area contributed by atoms with Crippen LogP contribution in [0.25, 0.3) is 0 Å². The third-order valence-electron chi connectivity index (χ3n) is 2.08. The van der Waals surface area contributed by atoms with Crippen LogP contribution in [0.3, 0.4) is 0 Å². The van der Waals surface area contributed by atoms with Gasteiger partial charge >= 0.3 is 0 Å². The van der Waals surface area contributed by atoms with E-state index in [4.69, 9.17) is 5.73 Å². The Morgan fingerprint density at radius 2 is 2.50 bits per heavy atom. The summed E-state index contributed by atoms with van der Waals surface area (Å²) in [5.74, 6) is -0.290. The van der Waals surface area contributed by atoms with Crippen molar-refractivity contribution < 1.29 is 4.79 Å². The Hall–Kier alpha value is -1.36. The van der Waals surface area contributed by atoms with Gasteiger partial charge in [0.15, 0.2) is 0 Å². The highest BCUT2D eigenvalue weighted by Gasteiger charge is 2.10. The molecule has 78 valence electrons. The molecule has 5 heteroatoms. The van der Waals surface area contributed by atoms with Gasteiger partial charge in [-0.25, -0.2) is 4.98 Å². The molecule has 0 aromatic carbocycles. The monoisotopic (exact) mass is 196 g/mol. The van der Waals surface area contributed by atoms with Crippen LogP contribution in [0.2, 0.25) is 0 Å². The van der Waals surface area contributed by atoms with E-state index in [0.29, 0.717) is 6.42 Å². The molecule has 1 heterocycles. The van der Waals surface area contributed by atoms with Gasteiger partial charge in [0.1, 0.15) is 0 Å². The fourth-order valence-electron chi connectivity index (χ4n) is 1.44. The number of primary amides is 1. The number of nitrogens with one attached hydrogen (secondary N) is 1. The number of aromatic nitrogens is 2. The zero-order chi connectivity index (χ0) is 10.6. The third-order valence-corrected chi connectivity index (χ3v) is 2.08. The minimum atomic E-state index is -0.290. The normalized spacial score (nSPS) is 12.7. The average molecular weight is 196 g/mol. The van der Waals surface area contributed by atoms with Crippen molar-refractivity contribution >= 4 is 5.91 Å². The number of nitrogens with two attached hydrogens (primary N) is 1. The van der Waals surface area contributed by atoms with E-state index in [2.05, 4.69) is 10.3 Å². The summed E-state index contributed by atoms with van der Waals surface area (Å²) >= 11 is 0. The second-order valence-corrected chi connectivity index (χ2v) is 3.34. The summed E-state index contributed by atoms with van der Waals surface area (Å²) in [6.07, 6.45) is 3.85. The van der Waals surface area contributed by atoms with Crippen LogP contribution in [-0.2, 0) is 11.3 Å². The Morgan fingerprint density at radius 1 is 1.79 bits per heavy atom. The van der Waals surface area contributed by atoms with E-state index in [1.165, 1.54) is 0 Å². The minimum absolute atomic E-state index is 0.0679. The van der Waals surface area contributed by atoms with Crippen molar-refractivity contribution in [3.8, 4) is 0 Å². The zero-order valence-corrected chi connectivity index (χ0v) is 8.53. The van der Waals surface area contributed by atoms with Crippen LogP contribution >= 0.6 is 0 Å². The van der Waals surface area contributed by atoms with Gasteiger partial charge in [0.05, 0.1) is 12.0 Å². The fourth-order valence-corrected chi connectivity index (χ4v) is 1.44. The Morgan fingerprint density at radius 3 is 3.07 bits per heavy atom. The molecule has 0 aliphatic heterocycles. The maximum absolute atomic E-state index is 10.7. The largest absolute Gasteiger partial charge is 0.370 e. The molecule has 0 aliphatic rings. The first kappa shape index (κ1) is 10.7. The smallest absolute Gasteiger partial charge is 0.219 e. The second kappa shape index (κ2) is 4.76. The molecular weight excluding hydrogens is 180 g/mol. The molecule has 1 atom stereocenters. The molecule has 14 heavy (non-hydrogen) atoms. The lowest BCUT2D eigenvalue weighted by atomic mass is 10.2. The maximum atomic E-state index is 10.7. The van der Waals surface area contributed by atoms with Crippen LogP contribution in [0.1, 0.15) is 25.1 Å². The molecule has 0 fully saturated rings. The number of carbonyl (C=O) groups excluding carboxylic acids is 1. The van der Waals surface area contributed by atoms with Gasteiger partial charge < -0.3 is 15.6 Å². The highest BCUT2D eigenvalue weighted by Crippen LogP contribution is 2.12. The Bertz CT molecular complexity index is 308. The van der Waals surface area contributed by atoms with E-state index in [1.807, 2.05) is 18.5 Å². The van der Waals surface area contributed by atoms with Gasteiger partial charge in [0.25, 0.3) is 0 Å². The summed E-state index contributed by atoms with van der Waals surface area (Å²) in [6, 6.07) is 0.0679. The lowest BCUT2D eigenvalue weighted by Gasteiger charge is -2.14. The van der Waals surface area contributed by atoms with Crippen LogP contribution < -0.4 is 11.1 Å². The van der Waals surface area contributed by atoms with Crippen molar-refractivity contribution in [3.63, 3.8) is 0 Å². The van der Waals surface area contributed by atoms with Gasteiger partial charge in [-0.3, -0.25) is 4.79 Å². The fraction of sp³-hybridized carbons (Fsp3) is 0.556. The standard InChI is InChI=1S/C9H16N4O/c1-7(3-9(10)14)13-6-12-5-8(13)4-11-2/h5-7,11H,3-4H2,1-2H3,(H2,10,14). The van der Waals surface area contributed by atoms with Crippen molar-refractivity contribution in [1.29, 1.82) is 0 Å². The average Bonchev–Trinajstić information content (AvgIpc) is 2.51. The van der Waals surface area contributed by atoms with E-state index in [0.717, 1.165) is 12.2 Å². The van der Waals surface area contributed by atoms with Crippen molar-refractivity contribution in [2.45, 2.75) is 25.9 Å².